The summed E-state index contributed by atoms with van der Waals surface area (Å²) in [6, 6.07) is 0. The van der Waals surface area contributed by atoms with Crippen molar-refractivity contribution < 1.29 is 4.39 Å². The number of nitrogens with zero attached hydrogens (tertiary/aromatic N) is 2. The van der Waals surface area contributed by atoms with Gasteiger partial charge < -0.3 is 0 Å². The molecule has 84 valence electrons. The molecule has 2 rings (SSSR count). The number of hydrogen-bond donors (Lipinski definition) is 0. The monoisotopic (exact) mass is 228 g/mol. The van der Waals surface area contributed by atoms with E-state index in [-0.39, 0.29) is 0 Å². The van der Waals surface area contributed by atoms with Gasteiger partial charge in [-0.15, -0.1) is 11.3 Å². The molecule has 0 aliphatic carbocycles. The van der Waals surface area contributed by atoms with E-state index >= 15 is 0 Å². The number of rotatable bonds is 2. The van der Waals surface area contributed by atoms with E-state index in [1.807, 2.05) is 6.92 Å². The predicted molar refractivity (Wildman–Crippen MR) is 61.0 cm³/mol. The Hall–Kier alpha value is -0.480. The van der Waals surface area contributed by atoms with Gasteiger partial charge in [0.15, 0.2) is 0 Å². The Morgan fingerprint density at radius 2 is 2.07 bits per heavy atom. The van der Waals surface area contributed by atoms with Crippen molar-refractivity contribution in [3.8, 4) is 0 Å². The Morgan fingerprint density at radius 1 is 1.40 bits per heavy atom. The lowest BCUT2D eigenvalue weighted by Gasteiger charge is -2.28. The summed E-state index contributed by atoms with van der Waals surface area (Å²) in [5, 5.41) is 1.13. The van der Waals surface area contributed by atoms with E-state index in [2.05, 4.69) is 16.8 Å². The van der Waals surface area contributed by atoms with Crippen molar-refractivity contribution in [2.45, 2.75) is 39.4 Å². The minimum absolute atomic E-state index is 0.578. The largest absolute Gasteiger partial charge is 0.298 e. The van der Waals surface area contributed by atoms with Crippen molar-refractivity contribution in [2.24, 2.45) is 0 Å². The van der Waals surface area contributed by atoms with Crippen molar-refractivity contribution >= 4 is 11.3 Å². The minimum atomic E-state index is -0.578. The molecule has 4 heteroatoms. The predicted octanol–water partition coefficient (Wildman–Crippen LogP) is 2.69. The Morgan fingerprint density at radius 3 is 2.60 bits per heavy atom. The van der Waals surface area contributed by atoms with Crippen LogP contribution in [0.4, 0.5) is 4.39 Å². The van der Waals surface area contributed by atoms with Crippen LogP contribution >= 0.6 is 11.3 Å². The van der Waals surface area contributed by atoms with E-state index in [0.29, 0.717) is 12.8 Å². The molecule has 0 bridgehead atoms. The number of aromatic nitrogens is 1. The third kappa shape index (κ3) is 2.75. The van der Waals surface area contributed by atoms with Crippen LogP contribution < -0.4 is 0 Å². The van der Waals surface area contributed by atoms with Crippen LogP contribution in [0, 0.1) is 13.8 Å². The maximum atomic E-state index is 12.9. The fraction of sp³-hybridized carbons (Fsp3) is 0.727. The van der Waals surface area contributed by atoms with E-state index in [0.717, 1.165) is 30.3 Å². The molecular formula is C11H17FN2S. The molecular weight excluding hydrogens is 211 g/mol. The maximum Gasteiger partial charge on any atom is 0.103 e. The summed E-state index contributed by atoms with van der Waals surface area (Å²) >= 11 is 1.76. The summed E-state index contributed by atoms with van der Waals surface area (Å²) in [6.07, 6.45) is 0.804. The molecule has 0 N–H and O–H groups in total. The molecule has 1 aromatic heterocycles. The number of hydrogen-bond acceptors (Lipinski definition) is 3. The Kier molecular flexibility index (Phi) is 3.36. The van der Waals surface area contributed by atoms with Crippen LogP contribution in [-0.2, 0) is 6.54 Å². The number of aryl methyl sites for hydroxylation is 2. The first-order chi connectivity index (χ1) is 7.15. The zero-order valence-corrected chi connectivity index (χ0v) is 10.1. The van der Waals surface area contributed by atoms with E-state index in [1.54, 1.807) is 11.3 Å². The van der Waals surface area contributed by atoms with Gasteiger partial charge in [0.25, 0.3) is 0 Å². The van der Waals surface area contributed by atoms with E-state index < -0.39 is 6.17 Å². The summed E-state index contributed by atoms with van der Waals surface area (Å²) in [7, 11) is 0. The number of halogens is 1. The average molecular weight is 228 g/mol. The summed E-state index contributed by atoms with van der Waals surface area (Å²) in [5.41, 5.74) is 1.14. The van der Waals surface area contributed by atoms with E-state index in [9.17, 15) is 4.39 Å². The van der Waals surface area contributed by atoms with Gasteiger partial charge in [0.05, 0.1) is 10.7 Å². The van der Waals surface area contributed by atoms with Crippen LogP contribution in [0.15, 0.2) is 0 Å². The van der Waals surface area contributed by atoms with Crippen molar-refractivity contribution in [1.29, 1.82) is 0 Å². The molecule has 1 aromatic rings. The fourth-order valence-corrected chi connectivity index (χ4v) is 2.96. The molecule has 15 heavy (non-hydrogen) atoms. The smallest absolute Gasteiger partial charge is 0.103 e. The SMILES string of the molecule is Cc1nc(C)c(CN2CCC(F)CC2)s1. The number of piperidine rings is 1. The van der Waals surface area contributed by atoms with Crippen LogP contribution in [0.25, 0.3) is 0 Å². The molecule has 1 aliphatic rings. The molecule has 0 saturated carbocycles. The number of thiazole rings is 1. The second-order valence-electron chi connectivity index (χ2n) is 4.19. The van der Waals surface area contributed by atoms with Gasteiger partial charge in [0, 0.05) is 24.5 Å². The molecule has 0 atom stereocenters. The van der Waals surface area contributed by atoms with Crippen LogP contribution in [-0.4, -0.2) is 29.1 Å². The van der Waals surface area contributed by atoms with Gasteiger partial charge in [-0.25, -0.2) is 9.37 Å². The van der Waals surface area contributed by atoms with E-state index in [4.69, 9.17) is 0 Å². The molecule has 0 aromatic carbocycles. The fourth-order valence-electron chi connectivity index (χ4n) is 1.98. The zero-order chi connectivity index (χ0) is 10.8. The first kappa shape index (κ1) is 11.0. The highest BCUT2D eigenvalue weighted by Gasteiger charge is 2.19. The summed E-state index contributed by atoms with van der Waals surface area (Å²) in [5.74, 6) is 0. The first-order valence-corrected chi connectivity index (χ1v) is 6.26. The van der Waals surface area contributed by atoms with Crippen LogP contribution in [0.5, 0.6) is 0 Å². The van der Waals surface area contributed by atoms with Crippen LogP contribution in [0.3, 0.4) is 0 Å². The maximum absolute atomic E-state index is 12.9. The zero-order valence-electron chi connectivity index (χ0n) is 9.29. The van der Waals surface area contributed by atoms with Crippen molar-refractivity contribution in [2.75, 3.05) is 13.1 Å². The third-order valence-corrected chi connectivity index (χ3v) is 3.94. The molecule has 1 saturated heterocycles. The lowest BCUT2D eigenvalue weighted by Crippen LogP contribution is -2.33. The van der Waals surface area contributed by atoms with Crippen molar-refractivity contribution in [1.82, 2.24) is 9.88 Å². The summed E-state index contributed by atoms with van der Waals surface area (Å²) in [6.45, 7) is 6.81. The Bertz CT molecular complexity index is 329. The van der Waals surface area contributed by atoms with Crippen LogP contribution in [0.2, 0.25) is 0 Å². The topological polar surface area (TPSA) is 16.1 Å². The molecule has 1 aliphatic heterocycles. The van der Waals surface area contributed by atoms with Gasteiger partial charge >= 0.3 is 0 Å². The lowest BCUT2D eigenvalue weighted by atomic mass is 10.1. The standard InChI is InChI=1S/C11H17FN2S/c1-8-11(15-9(2)13-8)7-14-5-3-10(12)4-6-14/h10H,3-7H2,1-2H3. The van der Waals surface area contributed by atoms with Crippen LogP contribution in [0.1, 0.15) is 28.4 Å². The van der Waals surface area contributed by atoms with Gasteiger partial charge in [-0.1, -0.05) is 0 Å². The Labute approximate surface area is 94.1 Å². The summed E-state index contributed by atoms with van der Waals surface area (Å²) < 4.78 is 12.9. The molecule has 1 fully saturated rings. The highest BCUT2D eigenvalue weighted by molar-refractivity contribution is 7.11. The lowest BCUT2D eigenvalue weighted by molar-refractivity contribution is 0.146. The third-order valence-electron chi connectivity index (χ3n) is 2.88. The molecule has 2 heterocycles. The van der Waals surface area contributed by atoms with Gasteiger partial charge in [-0.3, -0.25) is 4.90 Å². The van der Waals surface area contributed by atoms with Gasteiger partial charge in [0.1, 0.15) is 6.17 Å². The van der Waals surface area contributed by atoms with E-state index in [1.165, 1.54) is 4.88 Å². The molecule has 0 spiro atoms. The first-order valence-electron chi connectivity index (χ1n) is 5.44. The minimum Gasteiger partial charge on any atom is -0.298 e. The average Bonchev–Trinajstić information content (AvgIpc) is 2.49. The molecule has 0 radical (unpaired) electrons. The normalized spacial score (nSPS) is 19.7. The van der Waals surface area contributed by atoms with Crippen molar-refractivity contribution in [3.63, 3.8) is 0 Å². The quantitative estimate of drug-likeness (QED) is 0.773. The van der Waals surface area contributed by atoms with Crippen molar-refractivity contribution in [3.05, 3.63) is 15.6 Å². The number of alkyl halides is 1. The highest BCUT2D eigenvalue weighted by atomic mass is 32.1. The second-order valence-corrected chi connectivity index (χ2v) is 5.48. The molecule has 0 amide bonds. The highest BCUT2D eigenvalue weighted by Crippen LogP contribution is 2.21. The molecule has 0 unspecified atom stereocenters. The Balaban J connectivity index is 1.94. The number of likely N-dealkylation sites (tertiary alicyclic amines) is 1. The second kappa shape index (κ2) is 4.58. The van der Waals surface area contributed by atoms with Gasteiger partial charge in [-0.05, 0) is 26.7 Å². The van der Waals surface area contributed by atoms with Gasteiger partial charge in [-0.2, -0.15) is 0 Å². The van der Waals surface area contributed by atoms with Gasteiger partial charge in [0.2, 0.25) is 0 Å². The summed E-state index contributed by atoms with van der Waals surface area (Å²) in [4.78, 5) is 8.08. The molecule has 2 nitrogen and oxygen atoms in total.